The van der Waals surface area contributed by atoms with Gasteiger partial charge in [0.15, 0.2) is 0 Å². The number of carbonyl (C=O) groups is 3. The largest absolute Gasteiger partial charge is 0.492 e. The molecular formula is C32H26ClN3O7. The number of carbonyl (C=O) groups excluding carboxylic acids is 2. The van der Waals surface area contributed by atoms with Gasteiger partial charge in [0.25, 0.3) is 5.69 Å². The number of nitrogens with zero attached hydrogens (tertiary/aromatic N) is 2. The summed E-state index contributed by atoms with van der Waals surface area (Å²) >= 11 is 6.24. The van der Waals surface area contributed by atoms with Gasteiger partial charge in [-0.15, -0.1) is 0 Å². The zero-order chi connectivity index (χ0) is 30.3. The minimum atomic E-state index is -1.95. The van der Waals surface area contributed by atoms with E-state index < -0.39 is 46.1 Å². The van der Waals surface area contributed by atoms with Gasteiger partial charge in [0, 0.05) is 23.1 Å². The van der Waals surface area contributed by atoms with Crippen molar-refractivity contribution in [3.63, 3.8) is 0 Å². The average molecular weight is 600 g/mol. The lowest BCUT2D eigenvalue weighted by molar-refractivity contribution is -0.385. The number of carboxylic acids is 1. The van der Waals surface area contributed by atoms with Crippen molar-refractivity contribution in [2.75, 3.05) is 13.2 Å². The van der Waals surface area contributed by atoms with Gasteiger partial charge in [-0.1, -0.05) is 72.3 Å². The van der Waals surface area contributed by atoms with Crippen LogP contribution in [0.4, 0.5) is 5.69 Å². The van der Waals surface area contributed by atoms with Gasteiger partial charge in [-0.3, -0.25) is 34.7 Å². The van der Waals surface area contributed by atoms with Crippen LogP contribution in [0.15, 0.2) is 91.0 Å². The summed E-state index contributed by atoms with van der Waals surface area (Å²) in [5.41, 5.74) is -1.62. The number of fused-ring (bicyclic) bond motifs is 2. The molecule has 0 spiro atoms. The Hall–Kier alpha value is -4.80. The Morgan fingerprint density at radius 1 is 0.977 bits per heavy atom. The molecule has 10 nitrogen and oxygen atoms in total. The Morgan fingerprint density at radius 2 is 1.70 bits per heavy atom. The van der Waals surface area contributed by atoms with Crippen molar-refractivity contribution in [3.8, 4) is 5.75 Å². The summed E-state index contributed by atoms with van der Waals surface area (Å²) in [6.45, 7) is -0.128. The third kappa shape index (κ3) is 4.98. The Kier molecular flexibility index (Phi) is 7.33. The monoisotopic (exact) mass is 599 g/mol. The predicted octanol–water partition coefficient (Wildman–Crippen LogP) is 4.79. The van der Waals surface area contributed by atoms with Gasteiger partial charge in [-0.25, -0.2) is 0 Å². The van der Waals surface area contributed by atoms with E-state index in [0.717, 1.165) is 15.7 Å². The van der Waals surface area contributed by atoms with Crippen LogP contribution in [0.2, 0.25) is 5.02 Å². The fourth-order valence-electron chi connectivity index (χ4n) is 6.37. The second-order valence-electron chi connectivity index (χ2n) is 10.7. The molecule has 2 N–H and O–H groups in total. The molecule has 218 valence electrons. The molecule has 2 saturated heterocycles. The van der Waals surface area contributed by atoms with Gasteiger partial charge >= 0.3 is 5.97 Å². The Morgan fingerprint density at radius 3 is 2.42 bits per heavy atom. The Balaban J connectivity index is 1.42. The van der Waals surface area contributed by atoms with Crippen molar-refractivity contribution in [1.29, 1.82) is 0 Å². The summed E-state index contributed by atoms with van der Waals surface area (Å²) < 4.78 is 5.72. The smallest absolute Gasteiger partial charge is 0.325 e. The fraction of sp³-hybridized carbons (Fsp3) is 0.219. The molecule has 43 heavy (non-hydrogen) atoms. The van der Waals surface area contributed by atoms with Crippen molar-refractivity contribution in [1.82, 2.24) is 10.2 Å². The molecule has 2 aliphatic heterocycles. The SMILES string of the molecule is O=C1C2C(c3cc(Cl)ccc3[N+](=O)[O-])NC(Cc3ccc4ccccc4c3)(C(=O)O)C2C(=O)N1CCOc1ccccc1. The van der Waals surface area contributed by atoms with Crippen molar-refractivity contribution >= 4 is 45.8 Å². The minimum Gasteiger partial charge on any atom is -0.492 e. The molecule has 0 radical (unpaired) electrons. The van der Waals surface area contributed by atoms with Crippen LogP contribution in [0, 0.1) is 22.0 Å². The Labute approximate surface area is 251 Å². The van der Waals surface area contributed by atoms with Crippen LogP contribution in [0.25, 0.3) is 10.8 Å². The van der Waals surface area contributed by atoms with E-state index >= 15 is 0 Å². The molecule has 0 aromatic heterocycles. The molecular weight excluding hydrogens is 574 g/mol. The predicted molar refractivity (Wildman–Crippen MR) is 158 cm³/mol. The maximum absolute atomic E-state index is 14.0. The lowest BCUT2D eigenvalue weighted by Crippen LogP contribution is -2.57. The molecule has 4 aromatic rings. The maximum atomic E-state index is 14.0. The van der Waals surface area contributed by atoms with E-state index in [2.05, 4.69) is 5.32 Å². The van der Waals surface area contributed by atoms with Crippen molar-refractivity contribution in [3.05, 3.63) is 117 Å². The van der Waals surface area contributed by atoms with E-state index in [9.17, 15) is 29.6 Å². The highest BCUT2D eigenvalue weighted by Gasteiger charge is 2.68. The summed E-state index contributed by atoms with van der Waals surface area (Å²) in [7, 11) is 0. The average Bonchev–Trinajstić information content (AvgIpc) is 3.47. The molecule has 2 heterocycles. The number of nitrogens with one attached hydrogen (secondary N) is 1. The van der Waals surface area contributed by atoms with Crippen molar-refractivity contribution < 1.29 is 29.2 Å². The number of hydrogen-bond acceptors (Lipinski definition) is 7. The second-order valence-corrected chi connectivity index (χ2v) is 11.1. The standard InChI is InChI=1S/C32H26ClN3O7/c33-22-12-13-25(36(41)42)24(17-22)28-26-27(30(38)35(29(26)37)14-15-43-23-8-2-1-3-9-23)32(34-28,31(39)40)18-19-10-11-20-6-4-5-7-21(20)16-19/h1-13,16-17,26-28,34H,14-15,18H2,(H,39,40). The normalized spacial score (nSPS) is 23.0. The van der Waals surface area contributed by atoms with Gasteiger partial charge in [-0.05, 0) is 40.6 Å². The number of para-hydroxylation sites is 1. The van der Waals surface area contributed by atoms with Crippen LogP contribution in [0.1, 0.15) is 17.2 Å². The Bertz CT molecular complexity index is 1760. The summed E-state index contributed by atoms with van der Waals surface area (Å²) in [5, 5.41) is 27.8. The van der Waals surface area contributed by atoms with Crippen LogP contribution >= 0.6 is 11.6 Å². The van der Waals surface area contributed by atoms with Gasteiger partial charge in [0.2, 0.25) is 11.8 Å². The van der Waals surface area contributed by atoms with Gasteiger partial charge in [0.1, 0.15) is 17.9 Å². The molecule has 0 aliphatic carbocycles. The van der Waals surface area contributed by atoms with Crippen LogP contribution in [0.3, 0.4) is 0 Å². The number of likely N-dealkylation sites (tertiary alicyclic amines) is 1. The highest BCUT2D eigenvalue weighted by molar-refractivity contribution is 6.30. The van der Waals surface area contributed by atoms with E-state index in [1.165, 1.54) is 18.2 Å². The number of hydrogen-bond donors (Lipinski definition) is 2. The van der Waals surface area contributed by atoms with E-state index in [1.54, 1.807) is 30.3 Å². The number of ether oxygens (including phenoxy) is 1. The first-order valence-electron chi connectivity index (χ1n) is 13.7. The first-order valence-corrected chi connectivity index (χ1v) is 14.0. The highest BCUT2D eigenvalue weighted by atomic mass is 35.5. The molecule has 4 aromatic carbocycles. The van der Waals surface area contributed by atoms with Crippen LogP contribution in [-0.4, -0.2) is 51.4 Å². The van der Waals surface area contributed by atoms with Crippen LogP contribution in [0.5, 0.6) is 5.75 Å². The first kappa shape index (κ1) is 28.3. The second kappa shape index (κ2) is 11.1. The zero-order valence-corrected chi connectivity index (χ0v) is 23.4. The third-order valence-electron chi connectivity index (χ3n) is 8.27. The molecule has 0 saturated carbocycles. The number of halogens is 1. The van der Waals surface area contributed by atoms with E-state index in [0.29, 0.717) is 11.3 Å². The molecule has 2 aliphatic rings. The number of amides is 2. The number of imide groups is 1. The molecule has 11 heteroatoms. The van der Waals surface area contributed by atoms with Gasteiger partial charge in [0.05, 0.1) is 29.3 Å². The van der Waals surface area contributed by atoms with Crippen molar-refractivity contribution in [2.24, 2.45) is 11.8 Å². The number of nitro groups is 1. The molecule has 2 amide bonds. The van der Waals surface area contributed by atoms with E-state index in [1.807, 2.05) is 42.5 Å². The first-order chi connectivity index (χ1) is 20.7. The number of benzene rings is 4. The lowest BCUT2D eigenvalue weighted by atomic mass is 9.76. The van der Waals surface area contributed by atoms with Crippen molar-refractivity contribution in [2.45, 2.75) is 18.0 Å². The molecule has 4 atom stereocenters. The van der Waals surface area contributed by atoms with E-state index in [-0.39, 0.29) is 35.8 Å². The summed E-state index contributed by atoms with van der Waals surface area (Å²) in [6.07, 6.45) is -0.146. The number of nitro benzene ring substituents is 1. The molecule has 0 bridgehead atoms. The summed E-state index contributed by atoms with van der Waals surface area (Å²) in [4.78, 5) is 53.6. The van der Waals surface area contributed by atoms with Gasteiger partial charge in [-0.2, -0.15) is 0 Å². The number of rotatable bonds is 9. The van der Waals surface area contributed by atoms with Gasteiger partial charge < -0.3 is 9.84 Å². The molecule has 6 rings (SSSR count). The highest BCUT2D eigenvalue weighted by Crippen LogP contribution is 2.51. The third-order valence-corrected chi connectivity index (χ3v) is 8.51. The number of aliphatic carboxylic acids is 1. The zero-order valence-electron chi connectivity index (χ0n) is 22.7. The minimum absolute atomic E-state index is 0.0128. The summed E-state index contributed by atoms with van der Waals surface area (Å²) in [5.74, 6) is -4.66. The summed E-state index contributed by atoms with van der Waals surface area (Å²) in [6, 6.07) is 24.7. The number of carboxylic acid groups (broad SMARTS) is 1. The van der Waals surface area contributed by atoms with Crippen LogP contribution in [-0.2, 0) is 20.8 Å². The van der Waals surface area contributed by atoms with E-state index in [4.69, 9.17) is 16.3 Å². The van der Waals surface area contributed by atoms with Crippen LogP contribution < -0.4 is 10.1 Å². The fourth-order valence-corrected chi connectivity index (χ4v) is 6.55. The lowest BCUT2D eigenvalue weighted by Gasteiger charge is -2.31. The quantitative estimate of drug-likeness (QED) is 0.159. The maximum Gasteiger partial charge on any atom is 0.325 e. The molecule has 2 fully saturated rings. The molecule has 4 unspecified atom stereocenters. The topological polar surface area (TPSA) is 139 Å².